The largest absolute Gasteiger partial charge is 0.351 e. The number of carbonyl (C=O) groups is 1. The highest BCUT2D eigenvalue weighted by atomic mass is 79.9. The van der Waals surface area contributed by atoms with Crippen LogP contribution in [0.3, 0.4) is 0 Å². The van der Waals surface area contributed by atoms with E-state index in [1.54, 1.807) is 0 Å². The normalized spacial score (nSPS) is 11.9. The Bertz CT molecular complexity index is 554. The van der Waals surface area contributed by atoms with Crippen molar-refractivity contribution in [2.75, 3.05) is 6.54 Å². The summed E-state index contributed by atoms with van der Waals surface area (Å²) in [5.41, 5.74) is 2.88. The van der Waals surface area contributed by atoms with E-state index in [1.165, 1.54) is 0 Å². The summed E-state index contributed by atoms with van der Waals surface area (Å²) in [4.78, 5) is 12.2. The molecule has 2 aromatic rings. The van der Waals surface area contributed by atoms with Crippen molar-refractivity contribution in [3.63, 3.8) is 0 Å². The van der Waals surface area contributed by atoms with Crippen LogP contribution in [-0.2, 0) is 0 Å². The van der Waals surface area contributed by atoms with E-state index < -0.39 is 0 Å². The van der Waals surface area contributed by atoms with Crippen LogP contribution in [0.15, 0.2) is 54.6 Å². The first-order chi connectivity index (χ1) is 9.18. The van der Waals surface area contributed by atoms with Crippen LogP contribution in [0.2, 0.25) is 0 Å². The molecule has 0 aliphatic rings. The average molecular weight is 318 g/mol. The standard InChI is InChI=1S/C16H16BrNO/c1-12-7-5-6-10-14(12)16(19)18-11-15(17)13-8-3-2-4-9-13/h2-10,15H,11H2,1H3,(H,18,19). The lowest BCUT2D eigenvalue weighted by atomic mass is 10.1. The predicted molar refractivity (Wildman–Crippen MR) is 81.6 cm³/mol. The topological polar surface area (TPSA) is 29.1 Å². The first-order valence-corrected chi connectivity index (χ1v) is 7.13. The number of nitrogens with one attached hydrogen (secondary N) is 1. The van der Waals surface area contributed by atoms with Gasteiger partial charge in [0.25, 0.3) is 5.91 Å². The van der Waals surface area contributed by atoms with Crippen molar-refractivity contribution in [2.45, 2.75) is 11.8 Å². The van der Waals surface area contributed by atoms with E-state index >= 15 is 0 Å². The van der Waals surface area contributed by atoms with Gasteiger partial charge in [0, 0.05) is 12.1 Å². The molecule has 0 saturated heterocycles. The van der Waals surface area contributed by atoms with Crippen LogP contribution in [0.5, 0.6) is 0 Å². The van der Waals surface area contributed by atoms with Crippen molar-refractivity contribution in [3.05, 3.63) is 71.3 Å². The molecule has 2 nitrogen and oxygen atoms in total. The number of hydrogen-bond donors (Lipinski definition) is 1. The Labute approximate surface area is 122 Å². The molecule has 2 aromatic carbocycles. The van der Waals surface area contributed by atoms with Gasteiger partial charge in [-0.1, -0.05) is 64.5 Å². The number of benzene rings is 2. The van der Waals surface area contributed by atoms with Gasteiger partial charge in [0.1, 0.15) is 0 Å². The van der Waals surface area contributed by atoms with E-state index in [1.807, 2.05) is 61.5 Å². The van der Waals surface area contributed by atoms with E-state index in [2.05, 4.69) is 21.2 Å². The van der Waals surface area contributed by atoms with Crippen LogP contribution < -0.4 is 5.32 Å². The van der Waals surface area contributed by atoms with Gasteiger partial charge in [0.05, 0.1) is 4.83 Å². The van der Waals surface area contributed by atoms with Crippen LogP contribution in [0.4, 0.5) is 0 Å². The zero-order valence-electron chi connectivity index (χ0n) is 10.8. The fraction of sp³-hybridized carbons (Fsp3) is 0.188. The average Bonchev–Trinajstić information content (AvgIpc) is 2.46. The monoisotopic (exact) mass is 317 g/mol. The third kappa shape index (κ3) is 3.67. The summed E-state index contributed by atoms with van der Waals surface area (Å²) in [6.45, 7) is 2.51. The van der Waals surface area contributed by atoms with Crippen molar-refractivity contribution in [3.8, 4) is 0 Å². The Kier molecular flexibility index (Phi) is 4.74. The van der Waals surface area contributed by atoms with E-state index in [0.29, 0.717) is 6.54 Å². The van der Waals surface area contributed by atoms with Gasteiger partial charge in [-0.15, -0.1) is 0 Å². The molecular weight excluding hydrogens is 302 g/mol. The summed E-state index contributed by atoms with van der Waals surface area (Å²) in [5, 5.41) is 2.95. The molecule has 98 valence electrons. The Balaban J connectivity index is 1.96. The molecule has 1 N–H and O–H groups in total. The second-order valence-corrected chi connectivity index (χ2v) is 5.51. The molecule has 1 unspecified atom stereocenters. The minimum absolute atomic E-state index is 0.0292. The SMILES string of the molecule is Cc1ccccc1C(=O)NCC(Br)c1ccccc1. The third-order valence-electron chi connectivity index (χ3n) is 2.99. The molecule has 1 amide bonds. The first-order valence-electron chi connectivity index (χ1n) is 6.21. The van der Waals surface area contributed by atoms with Crippen molar-refractivity contribution < 1.29 is 4.79 Å². The molecule has 2 rings (SSSR count). The van der Waals surface area contributed by atoms with Crippen molar-refractivity contribution in [2.24, 2.45) is 0 Å². The fourth-order valence-electron chi connectivity index (χ4n) is 1.88. The molecule has 0 spiro atoms. The first kappa shape index (κ1) is 13.8. The van der Waals surface area contributed by atoms with Crippen LogP contribution in [0.1, 0.15) is 26.3 Å². The van der Waals surface area contributed by atoms with Gasteiger partial charge in [0.15, 0.2) is 0 Å². The molecule has 0 fully saturated rings. The second kappa shape index (κ2) is 6.53. The van der Waals surface area contributed by atoms with E-state index in [-0.39, 0.29) is 10.7 Å². The van der Waals surface area contributed by atoms with Crippen LogP contribution in [-0.4, -0.2) is 12.5 Å². The highest BCUT2D eigenvalue weighted by molar-refractivity contribution is 9.09. The van der Waals surface area contributed by atoms with Gasteiger partial charge >= 0.3 is 0 Å². The van der Waals surface area contributed by atoms with Crippen molar-refractivity contribution >= 4 is 21.8 Å². The molecule has 3 heteroatoms. The minimum Gasteiger partial charge on any atom is -0.351 e. The summed E-state index contributed by atoms with van der Waals surface area (Å²) >= 11 is 3.59. The summed E-state index contributed by atoms with van der Waals surface area (Å²) in [6.07, 6.45) is 0. The Hall–Kier alpha value is -1.61. The Morgan fingerprint density at radius 2 is 1.74 bits per heavy atom. The molecule has 1 atom stereocenters. The number of hydrogen-bond acceptors (Lipinski definition) is 1. The molecule has 0 bridgehead atoms. The van der Waals surface area contributed by atoms with Crippen LogP contribution >= 0.6 is 15.9 Å². The van der Waals surface area contributed by atoms with Crippen LogP contribution in [0.25, 0.3) is 0 Å². The number of alkyl halides is 1. The highest BCUT2D eigenvalue weighted by Gasteiger charge is 2.11. The molecular formula is C16H16BrNO. The lowest BCUT2D eigenvalue weighted by Gasteiger charge is -2.12. The van der Waals surface area contributed by atoms with Gasteiger partial charge in [-0.25, -0.2) is 0 Å². The van der Waals surface area contributed by atoms with Crippen molar-refractivity contribution in [1.82, 2.24) is 5.32 Å². The van der Waals surface area contributed by atoms with Crippen molar-refractivity contribution in [1.29, 1.82) is 0 Å². The van der Waals surface area contributed by atoms with Gasteiger partial charge in [0.2, 0.25) is 0 Å². The number of aryl methyl sites for hydroxylation is 1. The van der Waals surface area contributed by atoms with E-state index in [4.69, 9.17) is 0 Å². The summed E-state index contributed by atoms with van der Waals surface area (Å²) in [6, 6.07) is 17.6. The number of halogens is 1. The second-order valence-electron chi connectivity index (χ2n) is 4.40. The van der Waals surface area contributed by atoms with E-state index in [9.17, 15) is 4.79 Å². The highest BCUT2D eigenvalue weighted by Crippen LogP contribution is 2.21. The molecule has 0 aliphatic heterocycles. The molecule has 19 heavy (non-hydrogen) atoms. The number of carbonyl (C=O) groups excluding carboxylic acids is 1. The lowest BCUT2D eigenvalue weighted by molar-refractivity contribution is 0.0953. The molecule has 0 heterocycles. The zero-order chi connectivity index (χ0) is 13.7. The fourth-order valence-corrected chi connectivity index (χ4v) is 2.35. The number of rotatable bonds is 4. The maximum absolute atomic E-state index is 12.1. The maximum Gasteiger partial charge on any atom is 0.251 e. The third-order valence-corrected chi connectivity index (χ3v) is 3.85. The maximum atomic E-state index is 12.1. The molecule has 0 aromatic heterocycles. The van der Waals surface area contributed by atoms with Gasteiger partial charge in [-0.2, -0.15) is 0 Å². The van der Waals surface area contributed by atoms with Gasteiger partial charge in [-0.3, -0.25) is 4.79 Å². The Morgan fingerprint density at radius 3 is 2.42 bits per heavy atom. The summed E-state index contributed by atoms with van der Waals surface area (Å²) in [7, 11) is 0. The summed E-state index contributed by atoms with van der Waals surface area (Å²) < 4.78 is 0. The van der Waals surface area contributed by atoms with Gasteiger partial charge < -0.3 is 5.32 Å². The summed E-state index contributed by atoms with van der Waals surface area (Å²) in [5.74, 6) is -0.0292. The Morgan fingerprint density at radius 1 is 1.11 bits per heavy atom. The lowest BCUT2D eigenvalue weighted by Crippen LogP contribution is -2.27. The van der Waals surface area contributed by atoms with E-state index in [0.717, 1.165) is 16.7 Å². The molecule has 0 saturated carbocycles. The van der Waals surface area contributed by atoms with Crippen LogP contribution in [0, 0.1) is 6.92 Å². The predicted octanol–water partition coefficient (Wildman–Crippen LogP) is 3.86. The molecule has 0 radical (unpaired) electrons. The van der Waals surface area contributed by atoms with Gasteiger partial charge in [-0.05, 0) is 24.1 Å². The quantitative estimate of drug-likeness (QED) is 0.852. The zero-order valence-corrected chi connectivity index (χ0v) is 12.4. The molecule has 0 aliphatic carbocycles. The number of amides is 1. The minimum atomic E-state index is -0.0292. The smallest absolute Gasteiger partial charge is 0.251 e.